The Bertz CT molecular complexity index is 1390. The van der Waals surface area contributed by atoms with Gasteiger partial charge in [0.05, 0.1) is 5.02 Å². The Morgan fingerprint density at radius 1 is 0.837 bits per heavy atom. The summed E-state index contributed by atoms with van der Waals surface area (Å²) in [5.74, 6) is 4.51. The molecule has 6 rings (SSSR count). The number of piperidine rings is 1. The molecule has 230 valence electrons. The minimum atomic E-state index is -0.680. The molecule has 0 amide bonds. The number of fused-ring (bicyclic) bond motifs is 1. The molecule has 7 nitrogen and oxygen atoms in total. The van der Waals surface area contributed by atoms with Crippen LogP contribution in [0.15, 0.2) is 48.5 Å². The smallest absolute Gasteiger partial charge is 0.161 e. The van der Waals surface area contributed by atoms with Crippen molar-refractivity contribution in [3.8, 4) is 34.1 Å². The lowest BCUT2D eigenvalue weighted by atomic mass is 9.96. The van der Waals surface area contributed by atoms with Crippen LogP contribution < -0.4 is 18.9 Å². The first-order valence-corrected chi connectivity index (χ1v) is 17.3. The van der Waals surface area contributed by atoms with Gasteiger partial charge in [-0.1, -0.05) is 53.5 Å². The van der Waals surface area contributed by atoms with E-state index in [0.29, 0.717) is 37.2 Å². The largest absolute Gasteiger partial charge is 0.616 e. The number of halogens is 1. The zero-order chi connectivity index (χ0) is 29.6. The van der Waals surface area contributed by atoms with E-state index in [9.17, 15) is 4.55 Å². The minimum absolute atomic E-state index is 0.389. The van der Waals surface area contributed by atoms with Crippen molar-refractivity contribution in [3.63, 3.8) is 0 Å². The van der Waals surface area contributed by atoms with E-state index in [1.165, 1.54) is 19.3 Å². The summed E-state index contributed by atoms with van der Waals surface area (Å²) in [6, 6.07) is 16.4. The van der Waals surface area contributed by atoms with E-state index in [1.54, 1.807) is 0 Å². The number of rotatable bonds is 10. The van der Waals surface area contributed by atoms with E-state index in [-0.39, 0.29) is 0 Å². The maximum atomic E-state index is 11.7. The van der Waals surface area contributed by atoms with Crippen LogP contribution in [-0.4, -0.2) is 78.4 Å². The van der Waals surface area contributed by atoms with Crippen LogP contribution in [0.25, 0.3) is 11.1 Å². The summed E-state index contributed by atoms with van der Waals surface area (Å²) in [5.41, 5.74) is 5.54. The van der Waals surface area contributed by atoms with Gasteiger partial charge >= 0.3 is 0 Å². The second-order valence-corrected chi connectivity index (χ2v) is 13.6. The molecule has 2 saturated heterocycles. The van der Waals surface area contributed by atoms with Crippen LogP contribution >= 0.6 is 11.6 Å². The summed E-state index contributed by atoms with van der Waals surface area (Å²) in [7, 11) is 0. The molecule has 0 N–H and O–H groups in total. The average Bonchev–Trinajstić information content (AvgIpc) is 3.03. The van der Waals surface area contributed by atoms with Gasteiger partial charge in [0, 0.05) is 37.8 Å². The molecule has 0 aliphatic carbocycles. The predicted octanol–water partition coefficient (Wildman–Crippen LogP) is 6.09. The second kappa shape index (κ2) is 14.4. The molecule has 0 aromatic heterocycles. The fourth-order valence-corrected chi connectivity index (χ4v) is 7.37. The number of nitrogens with zero attached hydrogens (tertiary/aromatic N) is 2. The van der Waals surface area contributed by atoms with Gasteiger partial charge in [-0.2, -0.15) is 0 Å². The highest BCUT2D eigenvalue weighted by atomic mass is 35.5. The summed E-state index contributed by atoms with van der Waals surface area (Å²) in [5, 5.41) is 0.596. The van der Waals surface area contributed by atoms with Crippen LogP contribution in [0.3, 0.4) is 0 Å². The van der Waals surface area contributed by atoms with E-state index >= 15 is 0 Å². The van der Waals surface area contributed by atoms with Crippen LogP contribution in [-0.2, 0) is 24.3 Å². The van der Waals surface area contributed by atoms with Gasteiger partial charge < -0.3 is 23.5 Å². The number of ether oxygens (including phenoxy) is 4. The van der Waals surface area contributed by atoms with Gasteiger partial charge in [0.2, 0.25) is 0 Å². The molecule has 0 bridgehead atoms. The van der Waals surface area contributed by atoms with Crippen molar-refractivity contribution >= 4 is 22.8 Å². The highest BCUT2D eigenvalue weighted by molar-refractivity contribution is 7.91. The van der Waals surface area contributed by atoms with Gasteiger partial charge in [-0.3, -0.25) is 9.80 Å². The van der Waals surface area contributed by atoms with Crippen LogP contribution in [0.1, 0.15) is 36.0 Å². The Morgan fingerprint density at radius 3 is 2.44 bits per heavy atom. The molecule has 3 heterocycles. The number of hydrogen-bond acceptors (Lipinski definition) is 7. The summed E-state index contributed by atoms with van der Waals surface area (Å²) in [4.78, 5) is 4.81. The van der Waals surface area contributed by atoms with Crippen molar-refractivity contribution in [2.45, 2.75) is 39.3 Å². The van der Waals surface area contributed by atoms with Crippen LogP contribution in [0.2, 0.25) is 5.02 Å². The third kappa shape index (κ3) is 7.73. The summed E-state index contributed by atoms with van der Waals surface area (Å²) >= 11 is 6.15. The quantitative estimate of drug-likeness (QED) is 0.253. The number of benzene rings is 3. The summed E-state index contributed by atoms with van der Waals surface area (Å²) < 4.78 is 36.0. The molecular weight excluding hydrogens is 584 g/mol. The van der Waals surface area contributed by atoms with Crippen molar-refractivity contribution in [2.75, 3.05) is 64.1 Å². The highest BCUT2D eigenvalue weighted by Gasteiger charge is 2.21. The monoisotopic (exact) mass is 624 g/mol. The maximum Gasteiger partial charge on any atom is 0.161 e. The molecular formula is C34H41ClN2O5S. The summed E-state index contributed by atoms with van der Waals surface area (Å²) in [6.45, 7) is 9.75. The Hall–Kier alpha value is -2.62. The lowest BCUT2D eigenvalue weighted by molar-refractivity contribution is 0.171. The molecule has 0 atom stereocenters. The van der Waals surface area contributed by atoms with Gasteiger partial charge in [-0.05, 0) is 73.3 Å². The Balaban J connectivity index is 1.17. The standard InChI is InChI=1S/C34H41ClN2O5S/c1-25-27(6-5-7-29(25)26-8-9-31-34(21-26)41-17-16-40-31)24-42-33-22-32(39-15-12-36-13-18-43(38)19-14-36)28(20-30(33)35)23-37-10-3-2-4-11-37/h5-9,20-22H,2-4,10-19,23-24H2,1H3. The van der Waals surface area contributed by atoms with E-state index in [0.717, 1.165) is 95.8 Å². The van der Waals surface area contributed by atoms with Gasteiger partial charge in [0.1, 0.15) is 49.4 Å². The van der Waals surface area contributed by atoms with E-state index in [1.807, 2.05) is 24.3 Å². The Morgan fingerprint density at radius 2 is 1.63 bits per heavy atom. The zero-order valence-electron chi connectivity index (χ0n) is 24.9. The Labute approximate surface area is 263 Å². The maximum absolute atomic E-state index is 11.7. The van der Waals surface area contributed by atoms with E-state index in [2.05, 4.69) is 41.0 Å². The molecule has 3 aliphatic rings. The third-order valence-electron chi connectivity index (χ3n) is 8.58. The van der Waals surface area contributed by atoms with Crippen molar-refractivity contribution in [1.82, 2.24) is 9.80 Å². The predicted molar refractivity (Wildman–Crippen MR) is 172 cm³/mol. The average molecular weight is 625 g/mol. The van der Waals surface area contributed by atoms with E-state index < -0.39 is 11.2 Å². The van der Waals surface area contributed by atoms with Gasteiger partial charge in [-0.25, -0.2) is 0 Å². The molecule has 3 aromatic rings. The fraction of sp³-hybridized carbons (Fsp3) is 0.471. The SMILES string of the molecule is Cc1c(COc2cc(OCCN3CC[S+]([O-])CC3)c(CN3CCCCC3)cc2Cl)cccc1-c1ccc2c(c1)OCCO2. The molecule has 0 radical (unpaired) electrons. The topological polar surface area (TPSA) is 66.5 Å². The number of likely N-dealkylation sites (tertiary alicyclic amines) is 1. The first-order valence-electron chi connectivity index (χ1n) is 15.4. The van der Waals surface area contributed by atoms with Crippen molar-refractivity contribution < 1.29 is 23.5 Å². The Kier molecular flexibility index (Phi) is 10.2. The van der Waals surface area contributed by atoms with E-state index in [4.69, 9.17) is 30.5 Å². The second-order valence-electron chi connectivity index (χ2n) is 11.5. The summed E-state index contributed by atoms with van der Waals surface area (Å²) in [6.07, 6.45) is 3.75. The molecule has 0 unspecified atom stereocenters. The molecule has 0 saturated carbocycles. The highest BCUT2D eigenvalue weighted by Crippen LogP contribution is 2.37. The minimum Gasteiger partial charge on any atom is -0.616 e. The van der Waals surface area contributed by atoms with Crippen LogP contribution in [0, 0.1) is 6.92 Å². The van der Waals surface area contributed by atoms with Crippen molar-refractivity contribution in [1.29, 1.82) is 0 Å². The molecule has 3 aliphatic heterocycles. The van der Waals surface area contributed by atoms with Crippen molar-refractivity contribution in [3.05, 3.63) is 70.2 Å². The zero-order valence-corrected chi connectivity index (χ0v) is 26.5. The lowest BCUT2D eigenvalue weighted by Crippen LogP contribution is -2.42. The lowest BCUT2D eigenvalue weighted by Gasteiger charge is -2.29. The molecule has 43 heavy (non-hydrogen) atoms. The molecule has 9 heteroatoms. The van der Waals surface area contributed by atoms with Crippen molar-refractivity contribution in [2.24, 2.45) is 0 Å². The molecule has 2 fully saturated rings. The van der Waals surface area contributed by atoms with Gasteiger partial charge in [-0.15, -0.1) is 0 Å². The van der Waals surface area contributed by atoms with Crippen LogP contribution in [0.5, 0.6) is 23.0 Å². The molecule has 0 spiro atoms. The van der Waals surface area contributed by atoms with Gasteiger partial charge in [0.25, 0.3) is 0 Å². The molecule has 3 aromatic carbocycles. The van der Waals surface area contributed by atoms with Crippen LogP contribution in [0.4, 0.5) is 0 Å². The third-order valence-corrected chi connectivity index (χ3v) is 10.1. The first kappa shape index (κ1) is 30.4. The fourth-order valence-electron chi connectivity index (χ4n) is 6.01. The normalized spacial score (nSPS) is 18.0. The first-order chi connectivity index (χ1) is 21.0. The number of hydrogen-bond donors (Lipinski definition) is 0. The van der Waals surface area contributed by atoms with Gasteiger partial charge in [0.15, 0.2) is 11.5 Å².